The topological polar surface area (TPSA) is 148 Å². The number of esters is 1. The van der Waals surface area contributed by atoms with Gasteiger partial charge in [-0.05, 0) is 87.6 Å². The van der Waals surface area contributed by atoms with E-state index in [9.17, 15) is 25.0 Å². The van der Waals surface area contributed by atoms with Gasteiger partial charge in [0.2, 0.25) is 0 Å². The van der Waals surface area contributed by atoms with Crippen LogP contribution in [0.2, 0.25) is 0 Å². The van der Waals surface area contributed by atoms with Crippen LogP contribution in [-0.2, 0) is 22.4 Å². The van der Waals surface area contributed by atoms with Crippen LogP contribution in [0.15, 0.2) is 39.9 Å². The number of benzene rings is 1. The number of ether oxygens (including phenoxy) is 1. The molecule has 2 heterocycles. The van der Waals surface area contributed by atoms with Crippen LogP contribution in [0, 0.1) is 35.3 Å². The molecule has 0 atom stereocenters. The van der Waals surface area contributed by atoms with E-state index in [1.54, 1.807) is 13.0 Å². The molecule has 0 bridgehead atoms. The minimum atomic E-state index is -0.716. The molecule has 200 valence electrons. The number of fused-ring (bicyclic) bond motifs is 1. The van der Waals surface area contributed by atoms with Gasteiger partial charge in [-0.15, -0.1) is 11.3 Å². The maximum Gasteiger partial charge on any atom is 0.341 e. The third-order valence-corrected chi connectivity index (χ3v) is 8.03. The molecule has 0 radical (unpaired) electrons. The van der Waals surface area contributed by atoms with Gasteiger partial charge in [-0.2, -0.15) is 5.26 Å². The Morgan fingerprint density at radius 1 is 1.23 bits per heavy atom. The predicted molar refractivity (Wildman–Crippen MR) is 148 cm³/mol. The van der Waals surface area contributed by atoms with Crippen molar-refractivity contribution in [3.05, 3.63) is 72.9 Å². The smallest absolute Gasteiger partial charge is 0.341 e. The number of carbonyl (C=O) groups excluding carboxylic acids is 2. The molecule has 1 aliphatic rings. The quantitative estimate of drug-likeness (QED) is 0.0894. The molecule has 3 aromatic rings. The second-order valence-corrected chi connectivity index (χ2v) is 10.9. The highest BCUT2D eigenvalue weighted by molar-refractivity contribution is 7.99. The first kappa shape index (κ1) is 27.9. The molecule has 1 aliphatic carbocycles. The molecule has 39 heavy (non-hydrogen) atoms. The monoisotopic (exact) mass is 563 g/mol. The summed E-state index contributed by atoms with van der Waals surface area (Å²) < 4.78 is 5.22. The van der Waals surface area contributed by atoms with Crippen molar-refractivity contribution < 1.29 is 19.2 Å². The maximum absolute atomic E-state index is 13.1. The summed E-state index contributed by atoms with van der Waals surface area (Å²) >= 11 is 2.38. The minimum Gasteiger partial charge on any atom is -0.462 e. The van der Waals surface area contributed by atoms with Crippen LogP contribution in [0.1, 0.15) is 57.5 Å². The average molecular weight is 564 g/mol. The van der Waals surface area contributed by atoms with E-state index >= 15 is 0 Å². The van der Waals surface area contributed by atoms with Crippen LogP contribution in [-0.4, -0.2) is 33.4 Å². The number of rotatable bonds is 8. The number of nitrogens with one attached hydrogen (secondary N) is 1. The van der Waals surface area contributed by atoms with Gasteiger partial charge < -0.3 is 10.1 Å². The lowest BCUT2D eigenvalue weighted by Gasteiger charge is -2.12. The highest BCUT2D eigenvalue weighted by Gasteiger charge is 2.28. The minimum absolute atomic E-state index is 0.197. The highest BCUT2D eigenvalue weighted by atomic mass is 32.2. The standard InChI is InChI=1S/C27H25N5O5S2/c1-4-37-26(34)23-19-7-5-6-8-21(19)38-25(23)31-24(33)18(14-28)12-17-9-10-22(20(13-17)32(35)36)39-27-29-15(2)11-16(3)30-27/h9-13H,4-8H2,1-3H3,(H,31,33)/b18-12-. The highest BCUT2D eigenvalue weighted by Crippen LogP contribution is 2.39. The summed E-state index contributed by atoms with van der Waals surface area (Å²) in [6.07, 6.45) is 4.74. The van der Waals surface area contributed by atoms with Crippen LogP contribution in [0.3, 0.4) is 0 Å². The van der Waals surface area contributed by atoms with E-state index in [0.717, 1.165) is 59.3 Å². The number of hydrogen-bond donors (Lipinski definition) is 1. The predicted octanol–water partition coefficient (Wildman–Crippen LogP) is 5.82. The fourth-order valence-electron chi connectivity index (χ4n) is 4.25. The Morgan fingerprint density at radius 2 is 1.95 bits per heavy atom. The first-order valence-electron chi connectivity index (χ1n) is 12.2. The SMILES string of the molecule is CCOC(=O)c1c(NC(=O)/C(C#N)=C\c2ccc(Sc3nc(C)cc(C)n3)c([N+](=O)[O-])c2)sc2c1CCCC2. The van der Waals surface area contributed by atoms with E-state index < -0.39 is 16.8 Å². The normalized spacial score (nSPS) is 12.8. The molecule has 4 rings (SSSR count). The van der Waals surface area contributed by atoms with E-state index in [0.29, 0.717) is 26.2 Å². The van der Waals surface area contributed by atoms with Gasteiger partial charge in [0.05, 0.1) is 22.0 Å². The molecular formula is C27H25N5O5S2. The summed E-state index contributed by atoms with van der Waals surface area (Å²) in [5.41, 5.74) is 2.56. The van der Waals surface area contributed by atoms with Gasteiger partial charge in [0, 0.05) is 22.3 Å². The summed E-state index contributed by atoms with van der Waals surface area (Å²) in [4.78, 5) is 47.1. The third kappa shape index (κ3) is 6.50. The van der Waals surface area contributed by atoms with Gasteiger partial charge in [-0.3, -0.25) is 14.9 Å². The molecule has 1 N–H and O–H groups in total. The van der Waals surface area contributed by atoms with Gasteiger partial charge in [0.25, 0.3) is 11.6 Å². The number of nitro benzene ring substituents is 1. The Morgan fingerprint density at radius 3 is 2.62 bits per heavy atom. The summed E-state index contributed by atoms with van der Waals surface area (Å²) in [7, 11) is 0. The van der Waals surface area contributed by atoms with Crippen LogP contribution in [0.5, 0.6) is 0 Å². The number of thiophene rings is 1. The molecule has 1 aromatic carbocycles. The van der Waals surface area contributed by atoms with Crippen molar-refractivity contribution in [1.29, 1.82) is 5.26 Å². The van der Waals surface area contributed by atoms with Crippen LogP contribution >= 0.6 is 23.1 Å². The Hall–Kier alpha value is -4.08. The summed E-state index contributed by atoms with van der Waals surface area (Å²) in [5, 5.41) is 25.0. The number of nitro groups is 1. The number of nitriles is 1. The number of nitrogens with zero attached hydrogens (tertiary/aromatic N) is 4. The van der Waals surface area contributed by atoms with Crippen molar-refractivity contribution in [3.63, 3.8) is 0 Å². The molecular weight excluding hydrogens is 538 g/mol. The Bertz CT molecular complexity index is 1520. The number of aromatic nitrogens is 2. The van der Waals surface area contributed by atoms with Crippen LogP contribution < -0.4 is 5.32 Å². The Kier molecular flexibility index (Phi) is 8.73. The van der Waals surface area contributed by atoms with Crippen molar-refractivity contribution in [1.82, 2.24) is 9.97 Å². The van der Waals surface area contributed by atoms with Crippen LogP contribution in [0.25, 0.3) is 6.08 Å². The summed E-state index contributed by atoms with van der Waals surface area (Å²) in [6, 6.07) is 8.08. The summed E-state index contributed by atoms with van der Waals surface area (Å²) in [5.74, 6) is -1.22. The van der Waals surface area contributed by atoms with E-state index in [-0.39, 0.29) is 17.9 Å². The van der Waals surface area contributed by atoms with Crippen LogP contribution in [0.4, 0.5) is 10.7 Å². The van der Waals surface area contributed by atoms with Crippen molar-refractivity contribution in [3.8, 4) is 6.07 Å². The number of anilines is 1. The molecule has 0 spiro atoms. The number of hydrogen-bond acceptors (Lipinski definition) is 10. The average Bonchev–Trinajstić information content (AvgIpc) is 3.25. The fourth-order valence-corrected chi connectivity index (χ4v) is 6.47. The Balaban J connectivity index is 1.62. The van der Waals surface area contributed by atoms with E-state index in [2.05, 4.69) is 15.3 Å². The molecule has 1 amide bonds. The first-order chi connectivity index (χ1) is 18.7. The zero-order valence-electron chi connectivity index (χ0n) is 21.6. The maximum atomic E-state index is 13.1. The molecule has 0 unspecified atom stereocenters. The van der Waals surface area contributed by atoms with Crippen molar-refractivity contribution in [2.24, 2.45) is 0 Å². The van der Waals surface area contributed by atoms with Gasteiger partial charge in [-0.25, -0.2) is 14.8 Å². The van der Waals surface area contributed by atoms with Gasteiger partial charge >= 0.3 is 5.97 Å². The number of amides is 1. The van der Waals surface area contributed by atoms with Gasteiger partial charge in [0.15, 0.2) is 5.16 Å². The van der Waals surface area contributed by atoms with Crippen molar-refractivity contribution >= 4 is 51.7 Å². The largest absolute Gasteiger partial charge is 0.462 e. The second kappa shape index (κ2) is 12.2. The lowest BCUT2D eigenvalue weighted by Crippen LogP contribution is -2.16. The fraction of sp³-hybridized carbons (Fsp3) is 0.296. The molecule has 0 saturated carbocycles. The van der Waals surface area contributed by atoms with E-state index in [4.69, 9.17) is 4.74 Å². The van der Waals surface area contributed by atoms with Gasteiger partial charge in [0.1, 0.15) is 16.6 Å². The first-order valence-corrected chi connectivity index (χ1v) is 13.9. The molecule has 0 aliphatic heterocycles. The molecule has 0 saturated heterocycles. The Labute approximate surface area is 233 Å². The molecule has 2 aromatic heterocycles. The zero-order valence-corrected chi connectivity index (χ0v) is 23.2. The number of carbonyl (C=O) groups is 2. The molecule has 12 heteroatoms. The summed E-state index contributed by atoms with van der Waals surface area (Å²) in [6.45, 7) is 5.54. The van der Waals surface area contributed by atoms with E-state index in [1.165, 1.54) is 29.5 Å². The molecule has 0 fully saturated rings. The number of aryl methyl sites for hydroxylation is 3. The van der Waals surface area contributed by atoms with E-state index in [1.807, 2.05) is 26.0 Å². The van der Waals surface area contributed by atoms with Crippen molar-refractivity contribution in [2.75, 3.05) is 11.9 Å². The lowest BCUT2D eigenvalue weighted by atomic mass is 9.95. The third-order valence-electron chi connectivity index (χ3n) is 5.90. The lowest BCUT2D eigenvalue weighted by molar-refractivity contribution is -0.387. The second-order valence-electron chi connectivity index (χ2n) is 8.78. The molecule has 10 nitrogen and oxygen atoms in total. The van der Waals surface area contributed by atoms with Gasteiger partial charge in [-0.1, -0.05) is 6.07 Å². The zero-order chi connectivity index (χ0) is 28.1. The van der Waals surface area contributed by atoms with Crippen molar-refractivity contribution in [2.45, 2.75) is 56.5 Å².